The van der Waals surface area contributed by atoms with E-state index in [0.29, 0.717) is 12.4 Å². The SMILES string of the molecule is O=C(C=Cc1ccc(OCCCCO)cc1)Oc1ccccc1-c1ccccc1. The highest BCUT2D eigenvalue weighted by atomic mass is 16.5. The Morgan fingerprint density at radius 1 is 0.862 bits per heavy atom. The van der Waals surface area contributed by atoms with Crippen molar-refractivity contribution in [3.8, 4) is 22.6 Å². The van der Waals surface area contributed by atoms with Crippen molar-refractivity contribution in [2.75, 3.05) is 13.2 Å². The van der Waals surface area contributed by atoms with Gasteiger partial charge in [0.25, 0.3) is 0 Å². The van der Waals surface area contributed by atoms with E-state index in [1.165, 1.54) is 6.08 Å². The molecule has 0 aliphatic carbocycles. The smallest absolute Gasteiger partial charge is 0.336 e. The first-order valence-electron chi connectivity index (χ1n) is 9.64. The van der Waals surface area contributed by atoms with Gasteiger partial charge in [0.05, 0.1) is 6.61 Å². The first-order valence-corrected chi connectivity index (χ1v) is 9.64. The summed E-state index contributed by atoms with van der Waals surface area (Å²) in [5.74, 6) is 0.858. The Morgan fingerprint density at radius 3 is 2.34 bits per heavy atom. The summed E-state index contributed by atoms with van der Waals surface area (Å²) >= 11 is 0. The summed E-state index contributed by atoms with van der Waals surface area (Å²) in [7, 11) is 0. The zero-order valence-corrected chi connectivity index (χ0v) is 16.2. The van der Waals surface area contributed by atoms with Crippen molar-refractivity contribution in [3.63, 3.8) is 0 Å². The van der Waals surface area contributed by atoms with Crippen LogP contribution in [0, 0.1) is 0 Å². The molecule has 3 rings (SSSR count). The Labute approximate surface area is 171 Å². The number of esters is 1. The van der Waals surface area contributed by atoms with E-state index in [1.807, 2.05) is 72.8 Å². The molecular weight excluding hydrogens is 364 g/mol. The van der Waals surface area contributed by atoms with Crippen LogP contribution >= 0.6 is 0 Å². The van der Waals surface area contributed by atoms with Gasteiger partial charge >= 0.3 is 5.97 Å². The Bertz CT molecular complexity index is 931. The van der Waals surface area contributed by atoms with Crippen molar-refractivity contribution in [3.05, 3.63) is 90.5 Å². The molecule has 0 aliphatic rings. The van der Waals surface area contributed by atoms with Crippen LogP contribution in [0.5, 0.6) is 11.5 Å². The second-order valence-corrected chi connectivity index (χ2v) is 6.46. The molecule has 3 aromatic rings. The third-order valence-electron chi connectivity index (χ3n) is 4.30. The number of hydrogen-bond donors (Lipinski definition) is 1. The monoisotopic (exact) mass is 388 g/mol. The zero-order valence-electron chi connectivity index (χ0n) is 16.2. The van der Waals surface area contributed by atoms with Crippen LogP contribution in [0.2, 0.25) is 0 Å². The number of unbranched alkanes of at least 4 members (excludes halogenated alkanes) is 1. The molecule has 3 aromatic carbocycles. The maximum atomic E-state index is 12.3. The van der Waals surface area contributed by atoms with Gasteiger partial charge in [0.15, 0.2) is 0 Å². The van der Waals surface area contributed by atoms with E-state index in [2.05, 4.69) is 0 Å². The van der Waals surface area contributed by atoms with Crippen LogP contribution in [0.4, 0.5) is 0 Å². The van der Waals surface area contributed by atoms with Crippen LogP contribution in [-0.4, -0.2) is 24.3 Å². The lowest BCUT2D eigenvalue weighted by Crippen LogP contribution is -2.04. The number of carbonyl (C=O) groups is 1. The number of hydrogen-bond acceptors (Lipinski definition) is 4. The highest BCUT2D eigenvalue weighted by Gasteiger charge is 2.08. The highest BCUT2D eigenvalue weighted by Crippen LogP contribution is 2.29. The minimum absolute atomic E-state index is 0.180. The Morgan fingerprint density at radius 2 is 1.59 bits per heavy atom. The third kappa shape index (κ3) is 6.33. The standard InChI is InChI=1S/C25H24O4/c26-18-6-7-19-28-22-15-12-20(13-16-22)14-17-25(27)29-24-11-5-4-10-23(24)21-8-2-1-3-9-21/h1-5,8-17,26H,6-7,18-19H2. The predicted molar refractivity (Wildman–Crippen MR) is 115 cm³/mol. The fraction of sp³-hybridized carbons (Fsp3) is 0.160. The van der Waals surface area contributed by atoms with Gasteiger partial charge in [0.2, 0.25) is 0 Å². The summed E-state index contributed by atoms with van der Waals surface area (Å²) in [6.07, 6.45) is 4.67. The molecule has 29 heavy (non-hydrogen) atoms. The molecule has 0 saturated carbocycles. The minimum atomic E-state index is -0.433. The van der Waals surface area contributed by atoms with Gasteiger partial charge in [0.1, 0.15) is 11.5 Å². The van der Waals surface area contributed by atoms with E-state index in [9.17, 15) is 4.79 Å². The molecule has 0 spiro atoms. The summed E-state index contributed by atoms with van der Waals surface area (Å²) < 4.78 is 11.1. The summed E-state index contributed by atoms with van der Waals surface area (Å²) in [6, 6.07) is 24.8. The van der Waals surface area contributed by atoms with E-state index >= 15 is 0 Å². The lowest BCUT2D eigenvalue weighted by Gasteiger charge is -2.09. The van der Waals surface area contributed by atoms with Crippen molar-refractivity contribution < 1.29 is 19.4 Å². The largest absolute Gasteiger partial charge is 0.494 e. The van der Waals surface area contributed by atoms with E-state index < -0.39 is 5.97 Å². The van der Waals surface area contributed by atoms with Gasteiger partial charge < -0.3 is 14.6 Å². The number of para-hydroxylation sites is 1. The molecule has 0 atom stereocenters. The average molecular weight is 388 g/mol. The van der Waals surface area contributed by atoms with E-state index in [4.69, 9.17) is 14.6 Å². The first kappa shape index (κ1) is 20.4. The van der Waals surface area contributed by atoms with Crippen molar-refractivity contribution in [2.24, 2.45) is 0 Å². The lowest BCUT2D eigenvalue weighted by molar-refractivity contribution is -0.128. The molecule has 1 N–H and O–H groups in total. The molecule has 0 heterocycles. The van der Waals surface area contributed by atoms with E-state index in [-0.39, 0.29) is 6.61 Å². The summed E-state index contributed by atoms with van der Waals surface area (Å²) in [5, 5.41) is 8.77. The van der Waals surface area contributed by atoms with Gasteiger partial charge in [-0.25, -0.2) is 4.79 Å². The maximum Gasteiger partial charge on any atom is 0.336 e. The summed E-state index contributed by atoms with van der Waals surface area (Å²) in [5.41, 5.74) is 2.74. The molecule has 0 aliphatic heterocycles. The quantitative estimate of drug-likeness (QED) is 0.239. The number of aliphatic hydroxyl groups excluding tert-OH is 1. The Hall–Kier alpha value is -3.37. The number of benzene rings is 3. The van der Waals surface area contributed by atoms with Gasteiger partial charge in [-0.3, -0.25) is 0 Å². The molecular formula is C25H24O4. The number of ether oxygens (including phenoxy) is 2. The Balaban J connectivity index is 1.59. The van der Waals surface area contributed by atoms with Gasteiger partial charge in [-0.15, -0.1) is 0 Å². The van der Waals surface area contributed by atoms with Gasteiger partial charge in [-0.1, -0.05) is 60.7 Å². The number of aliphatic hydroxyl groups is 1. The fourth-order valence-electron chi connectivity index (χ4n) is 2.80. The van der Waals surface area contributed by atoms with Gasteiger partial charge in [0, 0.05) is 18.2 Å². The van der Waals surface area contributed by atoms with Crippen molar-refractivity contribution in [1.82, 2.24) is 0 Å². The van der Waals surface area contributed by atoms with Crippen molar-refractivity contribution >= 4 is 12.0 Å². The summed E-state index contributed by atoms with van der Waals surface area (Å²) in [6.45, 7) is 0.752. The number of rotatable bonds is 9. The predicted octanol–water partition coefficient (Wildman–Crippen LogP) is 5.12. The Kier molecular flexibility index (Phi) is 7.61. The van der Waals surface area contributed by atoms with Crippen LogP contribution in [0.1, 0.15) is 18.4 Å². The molecule has 4 nitrogen and oxygen atoms in total. The molecule has 0 unspecified atom stereocenters. The van der Waals surface area contributed by atoms with E-state index in [0.717, 1.165) is 35.3 Å². The molecule has 0 aromatic heterocycles. The van der Waals surface area contributed by atoms with Crippen LogP contribution < -0.4 is 9.47 Å². The van der Waals surface area contributed by atoms with Crippen LogP contribution in [0.15, 0.2) is 84.9 Å². The molecule has 4 heteroatoms. The van der Waals surface area contributed by atoms with Gasteiger partial charge in [-0.05, 0) is 48.2 Å². The van der Waals surface area contributed by atoms with E-state index in [1.54, 1.807) is 12.1 Å². The van der Waals surface area contributed by atoms with Crippen LogP contribution in [0.3, 0.4) is 0 Å². The fourth-order valence-corrected chi connectivity index (χ4v) is 2.80. The highest BCUT2D eigenvalue weighted by molar-refractivity contribution is 5.90. The lowest BCUT2D eigenvalue weighted by atomic mass is 10.1. The first-order chi connectivity index (χ1) is 14.3. The maximum absolute atomic E-state index is 12.3. The van der Waals surface area contributed by atoms with Crippen LogP contribution in [0.25, 0.3) is 17.2 Å². The molecule has 0 saturated heterocycles. The normalized spacial score (nSPS) is 10.8. The second kappa shape index (κ2) is 10.8. The minimum Gasteiger partial charge on any atom is -0.494 e. The average Bonchev–Trinajstić information content (AvgIpc) is 2.77. The second-order valence-electron chi connectivity index (χ2n) is 6.46. The summed E-state index contributed by atoms with van der Waals surface area (Å²) in [4.78, 5) is 12.3. The van der Waals surface area contributed by atoms with Crippen molar-refractivity contribution in [1.29, 1.82) is 0 Å². The molecule has 0 fully saturated rings. The third-order valence-corrected chi connectivity index (χ3v) is 4.30. The van der Waals surface area contributed by atoms with Gasteiger partial charge in [-0.2, -0.15) is 0 Å². The molecule has 0 amide bonds. The van der Waals surface area contributed by atoms with Crippen molar-refractivity contribution in [2.45, 2.75) is 12.8 Å². The molecule has 148 valence electrons. The zero-order chi connectivity index (χ0) is 20.3. The topological polar surface area (TPSA) is 55.8 Å². The van der Waals surface area contributed by atoms with Crippen LogP contribution in [-0.2, 0) is 4.79 Å². The number of carbonyl (C=O) groups excluding carboxylic acids is 1. The molecule has 0 radical (unpaired) electrons. The molecule has 0 bridgehead atoms.